The van der Waals surface area contributed by atoms with Crippen molar-refractivity contribution in [1.29, 1.82) is 0 Å². The van der Waals surface area contributed by atoms with Gasteiger partial charge in [-0.25, -0.2) is 0 Å². The van der Waals surface area contributed by atoms with Crippen LogP contribution in [-0.4, -0.2) is 29.4 Å². The number of rotatable bonds is 7. The standard InChI is InChI=1S/C13H21NO2/c1-11(5-4-10-15)14-9-8-12-6-2-3-7-13(12)16/h2-3,6-7,11,14-16H,4-5,8-10H2,1H3. The second-order valence-corrected chi connectivity index (χ2v) is 4.10. The summed E-state index contributed by atoms with van der Waals surface area (Å²) in [5.74, 6) is 0.368. The van der Waals surface area contributed by atoms with Gasteiger partial charge in [-0.05, 0) is 44.4 Å². The summed E-state index contributed by atoms with van der Waals surface area (Å²) in [5.41, 5.74) is 0.976. The number of hydrogen-bond acceptors (Lipinski definition) is 3. The summed E-state index contributed by atoms with van der Waals surface area (Å²) in [6.45, 7) is 3.22. The minimum atomic E-state index is 0.255. The number of benzene rings is 1. The summed E-state index contributed by atoms with van der Waals surface area (Å²) in [7, 11) is 0. The number of phenols is 1. The molecule has 1 aromatic carbocycles. The van der Waals surface area contributed by atoms with E-state index in [0.717, 1.165) is 31.4 Å². The van der Waals surface area contributed by atoms with Crippen molar-refractivity contribution in [2.45, 2.75) is 32.2 Å². The van der Waals surface area contributed by atoms with Crippen LogP contribution in [0.15, 0.2) is 24.3 Å². The van der Waals surface area contributed by atoms with Crippen LogP contribution in [0.5, 0.6) is 5.75 Å². The number of hydrogen-bond donors (Lipinski definition) is 3. The highest BCUT2D eigenvalue weighted by Crippen LogP contribution is 2.15. The van der Waals surface area contributed by atoms with Crippen molar-refractivity contribution in [2.75, 3.05) is 13.2 Å². The molecule has 0 bridgehead atoms. The number of para-hydroxylation sites is 1. The maximum Gasteiger partial charge on any atom is 0.118 e. The largest absolute Gasteiger partial charge is 0.508 e. The number of aliphatic hydroxyl groups is 1. The molecule has 1 atom stereocenters. The van der Waals surface area contributed by atoms with E-state index in [4.69, 9.17) is 5.11 Å². The highest BCUT2D eigenvalue weighted by molar-refractivity contribution is 5.31. The Kier molecular flexibility index (Phi) is 5.90. The second kappa shape index (κ2) is 7.25. The summed E-state index contributed by atoms with van der Waals surface area (Å²) in [5, 5.41) is 21.6. The van der Waals surface area contributed by atoms with Crippen molar-refractivity contribution in [1.82, 2.24) is 5.32 Å². The highest BCUT2D eigenvalue weighted by Gasteiger charge is 2.02. The summed E-state index contributed by atoms with van der Waals surface area (Å²) < 4.78 is 0. The van der Waals surface area contributed by atoms with Crippen molar-refractivity contribution >= 4 is 0 Å². The fraction of sp³-hybridized carbons (Fsp3) is 0.538. The van der Waals surface area contributed by atoms with Gasteiger partial charge in [0.05, 0.1) is 0 Å². The van der Waals surface area contributed by atoms with Gasteiger partial charge < -0.3 is 15.5 Å². The van der Waals surface area contributed by atoms with Crippen LogP contribution in [0.25, 0.3) is 0 Å². The molecule has 0 heterocycles. The van der Waals surface area contributed by atoms with Gasteiger partial charge in [0.2, 0.25) is 0 Å². The molecule has 0 saturated carbocycles. The van der Waals surface area contributed by atoms with E-state index in [-0.39, 0.29) is 6.61 Å². The third-order valence-corrected chi connectivity index (χ3v) is 2.67. The molecule has 0 saturated heterocycles. The molecule has 1 unspecified atom stereocenters. The molecule has 3 nitrogen and oxygen atoms in total. The molecule has 0 amide bonds. The smallest absolute Gasteiger partial charge is 0.118 e. The van der Waals surface area contributed by atoms with Crippen LogP contribution < -0.4 is 5.32 Å². The maximum absolute atomic E-state index is 9.56. The predicted octanol–water partition coefficient (Wildman–Crippen LogP) is 1.69. The Morgan fingerprint density at radius 1 is 1.31 bits per heavy atom. The minimum absolute atomic E-state index is 0.255. The molecule has 3 heteroatoms. The molecular weight excluding hydrogens is 202 g/mol. The molecule has 0 spiro atoms. The Morgan fingerprint density at radius 2 is 2.06 bits per heavy atom. The number of aromatic hydroxyl groups is 1. The van der Waals surface area contributed by atoms with Crippen LogP contribution in [0.4, 0.5) is 0 Å². The SMILES string of the molecule is CC(CCCO)NCCc1ccccc1O. The van der Waals surface area contributed by atoms with Crippen LogP contribution in [-0.2, 0) is 6.42 Å². The molecule has 0 radical (unpaired) electrons. The van der Waals surface area contributed by atoms with E-state index in [9.17, 15) is 5.11 Å². The fourth-order valence-corrected chi connectivity index (χ4v) is 1.68. The first-order valence-electron chi connectivity index (χ1n) is 5.85. The molecule has 0 fully saturated rings. The Balaban J connectivity index is 2.23. The lowest BCUT2D eigenvalue weighted by molar-refractivity contribution is 0.276. The van der Waals surface area contributed by atoms with Gasteiger partial charge in [0.15, 0.2) is 0 Å². The van der Waals surface area contributed by atoms with Crippen LogP contribution in [0.1, 0.15) is 25.3 Å². The zero-order valence-corrected chi connectivity index (χ0v) is 9.82. The summed E-state index contributed by atoms with van der Waals surface area (Å²) in [6.07, 6.45) is 2.65. The summed E-state index contributed by atoms with van der Waals surface area (Å²) in [4.78, 5) is 0. The van der Waals surface area contributed by atoms with Gasteiger partial charge in [0, 0.05) is 12.6 Å². The number of aliphatic hydroxyl groups excluding tert-OH is 1. The maximum atomic E-state index is 9.56. The van der Waals surface area contributed by atoms with Gasteiger partial charge in [-0.3, -0.25) is 0 Å². The zero-order valence-electron chi connectivity index (χ0n) is 9.82. The Labute approximate surface area is 97.1 Å². The molecular formula is C13H21NO2. The molecule has 0 aliphatic heterocycles. The molecule has 1 rings (SSSR count). The Hall–Kier alpha value is -1.06. The molecule has 90 valence electrons. The van der Waals surface area contributed by atoms with E-state index >= 15 is 0 Å². The van der Waals surface area contributed by atoms with Crippen LogP contribution in [0.2, 0.25) is 0 Å². The topological polar surface area (TPSA) is 52.5 Å². The quantitative estimate of drug-likeness (QED) is 0.659. The lowest BCUT2D eigenvalue weighted by Gasteiger charge is -2.13. The highest BCUT2D eigenvalue weighted by atomic mass is 16.3. The van der Waals surface area contributed by atoms with E-state index in [1.165, 1.54) is 0 Å². The number of nitrogens with one attached hydrogen (secondary N) is 1. The fourth-order valence-electron chi connectivity index (χ4n) is 1.68. The average Bonchev–Trinajstić information content (AvgIpc) is 2.29. The van der Waals surface area contributed by atoms with Crippen molar-refractivity contribution in [3.05, 3.63) is 29.8 Å². The van der Waals surface area contributed by atoms with Gasteiger partial charge in [-0.1, -0.05) is 18.2 Å². The van der Waals surface area contributed by atoms with Crippen LogP contribution in [0, 0.1) is 0 Å². The third-order valence-electron chi connectivity index (χ3n) is 2.67. The minimum Gasteiger partial charge on any atom is -0.508 e. The van der Waals surface area contributed by atoms with Crippen molar-refractivity contribution in [2.24, 2.45) is 0 Å². The summed E-state index contributed by atoms with van der Waals surface area (Å²) >= 11 is 0. The van der Waals surface area contributed by atoms with Gasteiger partial charge in [-0.15, -0.1) is 0 Å². The monoisotopic (exact) mass is 223 g/mol. The first kappa shape index (κ1) is 13.0. The van der Waals surface area contributed by atoms with E-state index < -0.39 is 0 Å². The first-order valence-corrected chi connectivity index (χ1v) is 5.85. The normalized spacial score (nSPS) is 12.6. The van der Waals surface area contributed by atoms with E-state index in [2.05, 4.69) is 12.2 Å². The molecule has 0 aliphatic rings. The van der Waals surface area contributed by atoms with Gasteiger partial charge in [0.25, 0.3) is 0 Å². The first-order chi connectivity index (χ1) is 7.74. The Morgan fingerprint density at radius 3 is 2.75 bits per heavy atom. The molecule has 0 aliphatic carbocycles. The molecule has 0 aromatic heterocycles. The molecule has 3 N–H and O–H groups in total. The predicted molar refractivity (Wildman–Crippen MR) is 65.6 cm³/mol. The second-order valence-electron chi connectivity index (χ2n) is 4.10. The number of phenolic OH excluding ortho intramolecular Hbond substituents is 1. The van der Waals surface area contributed by atoms with Crippen molar-refractivity contribution in [3.63, 3.8) is 0 Å². The van der Waals surface area contributed by atoms with Crippen molar-refractivity contribution < 1.29 is 10.2 Å². The molecule has 1 aromatic rings. The van der Waals surface area contributed by atoms with E-state index in [1.807, 2.05) is 18.2 Å². The average molecular weight is 223 g/mol. The Bertz CT molecular complexity index is 302. The molecule has 16 heavy (non-hydrogen) atoms. The van der Waals surface area contributed by atoms with Crippen LogP contribution >= 0.6 is 0 Å². The zero-order chi connectivity index (χ0) is 11.8. The lowest BCUT2D eigenvalue weighted by atomic mass is 10.1. The lowest BCUT2D eigenvalue weighted by Crippen LogP contribution is -2.28. The van der Waals surface area contributed by atoms with Gasteiger partial charge in [-0.2, -0.15) is 0 Å². The van der Waals surface area contributed by atoms with Gasteiger partial charge >= 0.3 is 0 Å². The van der Waals surface area contributed by atoms with Crippen molar-refractivity contribution in [3.8, 4) is 5.75 Å². The van der Waals surface area contributed by atoms with Crippen LogP contribution in [0.3, 0.4) is 0 Å². The van der Waals surface area contributed by atoms with E-state index in [0.29, 0.717) is 11.8 Å². The summed E-state index contributed by atoms with van der Waals surface area (Å²) in [6, 6.07) is 7.83. The third kappa shape index (κ3) is 4.64. The van der Waals surface area contributed by atoms with Gasteiger partial charge in [0.1, 0.15) is 5.75 Å². The van der Waals surface area contributed by atoms with E-state index in [1.54, 1.807) is 6.07 Å².